The van der Waals surface area contributed by atoms with E-state index in [1.54, 1.807) is 41.8 Å². The Hall–Kier alpha value is -2.23. The van der Waals surface area contributed by atoms with Crippen molar-refractivity contribution in [1.82, 2.24) is 15.5 Å². The molecule has 1 aromatic carbocycles. The molecular formula is C16H18N4O3S2. The molecule has 0 bridgehead atoms. The molecular weight excluding hydrogens is 360 g/mol. The first-order valence-electron chi connectivity index (χ1n) is 7.64. The maximum atomic E-state index is 12.3. The van der Waals surface area contributed by atoms with Crippen LogP contribution in [0.2, 0.25) is 0 Å². The van der Waals surface area contributed by atoms with E-state index in [2.05, 4.69) is 20.2 Å². The van der Waals surface area contributed by atoms with Gasteiger partial charge in [-0.1, -0.05) is 17.3 Å². The lowest BCUT2D eigenvalue weighted by Crippen LogP contribution is -2.24. The highest BCUT2D eigenvalue weighted by Crippen LogP contribution is 2.24. The van der Waals surface area contributed by atoms with Gasteiger partial charge in [-0.3, -0.25) is 4.72 Å². The van der Waals surface area contributed by atoms with Gasteiger partial charge in [0.25, 0.3) is 15.9 Å². The van der Waals surface area contributed by atoms with Crippen molar-refractivity contribution in [2.75, 3.05) is 11.8 Å². The summed E-state index contributed by atoms with van der Waals surface area (Å²) >= 11 is 1.16. The summed E-state index contributed by atoms with van der Waals surface area (Å²) in [5.74, 6) is 0.955. The lowest BCUT2D eigenvalue weighted by molar-refractivity contribution is 0.418. The van der Waals surface area contributed by atoms with Crippen LogP contribution in [0.5, 0.6) is 0 Å². The largest absolute Gasteiger partial charge is 0.334 e. The highest BCUT2D eigenvalue weighted by molar-refractivity contribution is 7.94. The zero-order valence-corrected chi connectivity index (χ0v) is 15.4. The molecule has 0 saturated heterocycles. The minimum Gasteiger partial charge on any atom is -0.334 e. The highest BCUT2D eigenvalue weighted by atomic mass is 32.2. The predicted octanol–water partition coefficient (Wildman–Crippen LogP) is 2.75. The lowest BCUT2D eigenvalue weighted by Gasteiger charge is -2.07. The molecule has 7 nitrogen and oxygen atoms in total. The quantitative estimate of drug-likeness (QED) is 0.656. The molecule has 1 atom stereocenters. The van der Waals surface area contributed by atoms with E-state index < -0.39 is 10.0 Å². The fourth-order valence-electron chi connectivity index (χ4n) is 2.17. The normalized spacial score (nSPS) is 12.9. The molecule has 2 heterocycles. The Labute approximate surface area is 150 Å². The molecule has 0 spiro atoms. The van der Waals surface area contributed by atoms with Crippen molar-refractivity contribution in [3.05, 3.63) is 47.6 Å². The van der Waals surface area contributed by atoms with Gasteiger partial charge in [0, 0.05) is 23.7 Å². The summed E-state index contributed by atoms with van der Waals surface area (Å²) in [6, 6.07) is 10.4. The SMILES string of the molecule is CNC(C)Cc1noc(-c2cccc(NS(=O)(=O)c3cccs3)c2)n1. The first kappa shape index (κ1) is 17.6. The fraction of sp³-hybridized carbons (Fsp3) is 0.250. The van der Waals surface area contributed by atoms with Crippen LogP contribution in [0.4, 0.5) is 5.69 Å². The Morgan fingerprint density at radius 2 is 2.12 bits per heavy atom. The number of nitrogens with one attached hydrogen (secondary N) is 2. The van der Waals surface area contributed by atoms with Crippen LogP contribution in [-0.4, -0.2) is 31.6 Å². The number of hydrogen-bond acceptors (Lipinski definition) is 7. The van der Waals surface area contributed by atoms with Crippen LogP contribution in [0.1, 0.15) is 12.7 Å². The van der Waals surface area contributed by atoms with Crippen LogP contribution >= 0.6 is 11.3 Å². The molecule has 9 heteroatoms. The summed E-state index contributed by atoms with van der Waals surface area (Å²) in [7, 11) is -1.72. The zero-order chi connectivity index (χ0) is 17.9. The molecule has 2 aromatic heterocycles. The zero-order valence-electron chi connectivity index (χ0n) is 13.8. The maximum absolute atomic E-state index is 12.3. The summed E-state index contributed by atoms with van der Waals surface area (Å²) in [6.45, 7) is 2.02. The van der Waals surface area contributed by atoms with E-state index in [0.717, 1.165) is 11.3 Å². The summed E-state index contributed by atoms with van der Waals surface area (Å²) in [5, 5.41) is 8.79. The standard InChI is InChI=1S/C16H18N4O3S2/c1-11(17-2)9-14-18-16(23-19-14)12-5-3-6-13(10-12)20-25(21,22)15-7-4-8-24-15/h3-8,10-11,17,20H,9H2,1-2H3. The van der Waals surface area contributed by atoms with Gasteiger partial charge in [-0.25, -0.2) is 8.42 Å². The molecule has 3 rings (SSSR count). The Balaban J connectivity index is 1.80. The van der Waals surface area contributed by atoms with Crippen molar-refractivity contribution >= 4 is 27.0 Å². The molecule has 0 aliphatic rings. The van der Waals surface area contributed by atoms with Gasteiger partial charge in [0.15, 0.2) is 5.82 Å². The van der Waals surface area contributed by atoms with Gasteiger partial charge in [-0.05, 0) is 43.6 Å². The lowest BCUT2D eigenvalue weighted by atomic mass is 10.2. The number of benzene rings is 1. The Morgan fingerprint density at radius 3 is 2.84 bits per heavy atom. The molecule has 0 aliphatic carbocycles. The second-order valence-electron chi connectivity index (χ2n) is 5.53. The van der Waals surface area contributed by atoms with Crippen molar-refractivity contribution in [3.8, 4) is 11.5 Å². The number of hydrogen-bond donors (Lipinski definition) is 2. The number of anilines is 1. The highest BCUT2D eigenvalue weighted by Gasteiger charge is 2.16. The van der Waals surface area contributed by atoms with Gasteiger partial charge >= 0.3 is 0 Å². The van der Waals surface area contributed by atoms with E-state index in [4.69, 9.17) is 4.52 Å². The molecule has 0 aliphatic heterocycles. The van der Waals surface area contributed by atoms with Gasteiger partial charge in [-0.15, -0.1) is 11.3 Å². The van der Waals surface area contributed by atoms with Gasteiger partial charge in [0.05, 0.1) is 0 Å². The molecule has 132 valence electrons. The van der Waals surface area contributed by atoms with Crippen LogP contribution in [-0.2, 0) is 16.4 Å². The molecule has 0 amide bonds. The van der Waals surface area contributed by atoms with E-state index >= 15 is 0 Å². The van der Waals surface area contributed by atoms with E-state index in [-0.39, 0.29) is 10.3 Å². The summed E-state index contributed by atoms with van der Waals surface area (Å²) < 4.78 is 32.7. The van der Waals surface area contributed by atoms with Crippen molar-refractivity contribution in [3.63, 3.8) is 0 Å². The monoisotopic (exact) mass is 378 g/mol. The van der Waals surface area contributed by atoms with E-state index in [1.165, 1.54) is 0 Å². The maximum Gasteiger partial charge on any atom is 0.271 e. The van der Waals surface area contributed by atoms with Crippen LogP contribution in [0.15, 0.2) is 50.5 Å². The molecule has 2 N–H and O–H groups in total. The van der Waals surface area contributed by atoms with Gasteiger partial charge in [-0.2, -0.15) is 4.98 Å². The minimum atomic E-state index is -3.59. The average Bonchev–Trinajstić information content (AvgIpc) is 3.27. The first-order chi connectivity index (χ1) is 12.0. The first-order valence-corrected chi connectivity index (χ1v) is 10.0. The van der Waals surface area contributed by atoms with E-state index in [1.807, 2.05) is 14.0 Å². The van der Waals surface area contributed by atoms with Crippen molar-refractivity contribution in [1.29, 1.82) is 0 Å². The molecule has 1 unspecified atom stereocenters. The number of sulfonamides is 1. The Morgan fingerprint density at radius 1 is 1.28 bits per heavy atom. The average molecular weight is 378 g/mol. The second-order valence-corrected chi connectivity index (χ2v) is 8.38. The van der Waals surface area contributed by atoms with Crippen LogP contribution in [0.3, 0.4) is 0 Å². The summed E-state index contributed by atoms with van der Waals surface area (Å²) in [6.07, 6.45) is 0.644. The van der Waals surface area contributed by atoms with Crippen molar-refractivity contribution < 1.29 is 12.9 Å². The van der Waals surface area contributed by atoms with Crippen LogP contribution in [0.25, 0.3) is 11.5 Å². The van der Waals surface area contributed by atoms with Gasteiger partial charge in [0.2, 0.25) is 0 Å². The topological polar surface area (TPSA) is 97.1 Å². The third kappa shape index (κ3) is 4.25. The van der Waals surface area contributed by atoms with E-state index in [9.17, 15) is 8.42 Å². The number of likely N-dealkylation sites (N-methyl/N-ethyl adjacent to an activating group) is 1. The molecule has 0 saturated carbocycles. The third-order valence-corrected chi connectivity index (χ3v) is 6.35. The molecule has 3 aromatic rings. The van der Waals surface area contributed by atoms with E-state index in [0.29, 0.717) is 29.4 Å². The number of nitrogens with zero attached hydrogens (tertiary/aromatic N) is 2. The minimum absolute atomic E-state index is 0.231. The number of aromatic nitrogens is 2. The number of rotatable bonds is 7. The Bertz CT molecular complexity index is 936. The number of thiophene rings is 1. The van der Waals surface area contributed by atoms with Crippen molar-refractivity contribution in [2.24, 2.45) is 0 Å². The molecule has 0 radical (unpaired) electrons. The molecule has 0 fully saturated rings. The molecule has 25 heavy (non-hydrogen) atoms. The van der Waals surface area contributed by atoms with Gasteiger partial charge < -0.3 is 9.84 Å². The summed E-state index contributed by atoms with van der Waals surface area (Å²) in [5.41, 5.74) is 1.09. The fourth-order valence-corrected chi connectivity index (χ4v) is 4.21. The Kier molecular flexibility index (Phi) is 5.16. The van der Waals surface area contributed by atoms with Gasteiger partial charge in [0.1, 0.15) is 4.21 Å². The summed E-state index contributed by atoms with van der Waals surface area (Å²) in [4.78, 5) is 4.36. The van der Waals surface area contributed by atoms with Crippen molar-refractivity contribution in [2.45, 2.75) is 23.6 Å². The smallest absolute Gasteiger partial charge is 0.271 e. The van der Waals surface area contributed by atoms with Crippen LogP contribution in [0, 0.1) is 0 Å². The second kappa shape index (κ2) is 7.34. The predicted molar refractivity (Wildman–Crippen MR) is 97.1 cm³/mol. The van der Waals surface area contributed by atoms with Crippen LogP contribution < -0.4 is 10.0 Å². The third-order valence-electron chi connectivity index (χ3n) is 3.57.